The molecule has 0 radical (unpaired) electrons. The van der Waals surface area contributed by atoms with Gasteiger partial charge in [0.15, 0.2) is 5.75 Å². The van der Waals surface area contributed by atoms with Gasteiger partial charge in [-0.25, -0.2) is 4.98 Å². The van der Waals surface area contributed by atoms with Crippen molar-refractivity contribution in [3.05, 3.63) is 27.9 Å². The van der Waals surface area contributed by atoms with Gasteiger partial charge in [0, 0.05) is 19.5 Å². The third-order valence-corrected chi connectivity index (χ3v) is 3.09. The molecular formula is C12H15BrN4O. The predicted octanol–water partition coefficient (Wildman–Crippen LogP) is 2.94. The first kappa shape index (κ1) is 13.0. The summed E-state index contributed by atoms with van der Waals surface area (Å²) in [5.41, 5.74) is 1.82. The number of nitrogens with zero attached hydrogens (tertiary/aromatic N) is 4. The summed E-state index contributed by atoms with van der Waals surface area (Å²) in [4.78, 5) is 8.59. The Morgan fingerprint density at radius 3 is 2.61 bits per heavy atom. The van der Waals surface area contributed by atoms with Gasteiger partial charge in [0.1, 0.15) is 16.1 Å². The van der Waals surface area contributed by atoms with Gasteiger partial charge in [-0.15, -0.1) is 0 Å². The molecule has 0 unspecified atom stereocenters. The van der Waals surface area contributed by atoms with Gasteiger partial charge in [-0.2, -0.15) is 10.1 Å². The van der Waals surface area contributed by atoms with Crippen LogP contribution in [0.1, 0.15) is 24.1 Å². The van der Waals surface area contributed by atoms with E-state index in [1.165, 1.54) is 0 Å². The lowest BCUT2D eigenvalue weighted by Gasteiger charge is -2.06. The largest absolute Gasteiger partial charge is 0.435 e. The maximum atomic E-state index is 5.82. The number of aromatic nitrogens is 4. The van der Waals surface area contributed by atoms with Crippen molar-refractivity contribution in [3.63, 3.8) is 0 Å². The molecule has 6 heteroatoms. The second-order valence-electron chi connectivity index (χ2n) is 4.02. The lowest BCUT2D eigenvalue weighted by Crippen LogP contribution is -1.98. The molecule has 0 amide bonds. The minimum atomic E-state index is 0.535. The zero-order valence-corrected chi connectivity index (χ0v) is 12.4. The average Bonchev–Trinajstić information content (AvgIpc) is 2.55. The van der Waals surface area contributed by atoms with E-state index in [2.05, 4.69) is 31.0 Å². The van der Waals surface area contributed by atoms with Crippen LogP contribution in [-0.4, -0.2) is 19.7 Å². The van der Waals surface area contributed by atoms with Crippen LogP contribution in [0.15, 0.2) is 10.7 Å². The summed E-state index contributed by atoms with van der Waals surface area (Å²) in [6, 6.07) is 1.76. The van der Waals surface area contributed by atoms with E-state index in [4.69, 9.17) is 4.74 Å². The van der Waals surface area contributed by atoms with Gasteiger partial charge in [0.05, 0.1) is 5.69 Å². The minimum absolute atomic E-state index is 0.535. The first-order valence-corrected chi connectivity index (χ1v) is 6.52. The molecule has 0 aliphatic heterocycles. The summed E-state index contributed by atoms with van der Waals surface area (Å²) in [6.07, 6.45) is 0.765. The predicted molar refractivity (Wildman–Crippen MR) is 71.9 cm³/mol. The Morgan fingerprint density at radius 1 is 1.33 bits per heavy atom. The van der Waals surface area contributed by atoms with E-state index in [0.717, 1.165) is 34.0 Å². The van der Waals surface area contributed by atoms with Crippen LogP contribution in [0, 0.1) is 13.8 Å². The normalized spacial score (nSPS) is 10.7. The lowest BCUT2D eigenvalue weighted by molar-refractivity contribution is 0.450. The summed E-state index contributed by atoms with van der Waals surface area (Å²) < 4.78 is 8.34. The number of halogens is 1. The topological polar surface area (TPSA) is 52.8 Å². The third kappa shape index (κ3) is 2.53. The maximum absolute atomic E-state index is 5.82. The molecule has 0 saturated carbocycles. The third-order valence-electron chi connectivity index (χ3n) is 2.68. The van der Waals surface area contributed by atoms with Crippen molar-refractivity contribution in [2.75, 3.05) is 0 Å². The molecule has 2 rings (SSSR count). The Kier molecular flexibility index (Phi) is 3.65. The molecule has 0 spiro atoms. The fourth-order valence-electron chi connectivity index (χ4n) is 1.66. The number of rotatable bonds is 3. The van der Waals surface area contributed by atoms with E-state index in [9.17, 15) is 0 Å². The molecular weight excluding hydrogens is 296 g/mol. The van der Waals surface area contributed by atoms with Crippen LogP contribution >= 0.6 is 15.9 Å². The van der Waals surface area contributed by atoms with Crippen molar-refractivity contribution >= 4 is 15.9 Å². The highest BCUT2D eigenvalue weighted by atomic mass is 79.9. The Labute approximate surface area is 114 Å². The van der Waals surface area contributed by atoms with E-state index in [0.29, 0.717) is 5.88 Å². The SMILES string of the molecule is CCc1nc(Br)cc(Oc2c(C)nn(C)c2C)n1. The molecule has 96 valence electrons. The molecule has 2 aromatic rings. The molecule has 0 aromatic carbocycles. The van der Waals surface area contributed by atoms with Crippen molar-refractivity contribution in [1.82, 2.24) is 19.7 Å². The number of hydrogen-bond donors (Lipinski definition) is 0. The standard InChI is InChI=1S/C12H15BrN4O/c1-5-10-14-9(13)6-11(15-10)18-12-7(2)16-17(4)8(12)3/h6H,5H2,1-4H3. The van der Waals surface area contributed by atoms with Crippen LogP contribution < -0.4 is 4.74 Å². The van der Waals surface area contributed by atoms with Crippen molar-refractivity contribution in [3.8, 4) is 11.6 Å². The van der Waals surface area contributed by atoms with Crippen LogP contribution in [0.25, 0.3) is 0 Å². The Bertz CT molecular complexity index is 580. The Balaban J connectivity index is 2.36. The molecule has 0 fully saturated rings. The summed E-state index contributed by atoms with van der Waals surface area (Å²) in [5.74, 6) is 2.04. The second-order valence-corrected chi connectivity index (χ2v) is 4.84. The molecule has 0 N–H and O–H groups in total. The minimum Gasteiger partial charge on any atom is -0.435 e. The first-order valence-electron chi connectivity index (χ1n) is 5.72. The molecule has 2 aromatic heterocycles. The van der Waals surface area contributed by atoms with Gasteiger partial charge in [0.2, 0.25) is 5.88 Å². The van der Waals surface area contributed by atoms with Crippen LogP contribution in [0.2, 0.25) is 0 Å². The van der Waals surface area contributed by atoms with Crippen molar-refractivity contribution in [2.45, 2.75) is 27.2 Å². The maximum Gasteiger partial charge on any atom is 0.223 e. The summed E-state index contributed by atoms with van der Waals surface area (Å²) >= 11 is 3.36. The van der Waals surface area contributed by atoms with E-state index < -0.39 is 0 Å². The molecule has 0 atom stereocenters. The number of hydrogen-bond acceptors (Lipinski definition) is 4. The fraction of sp³-hybridized carbons (Fsp3) is 0.417. The highest BCUT2D eigenvalue weighted by Gasteiger charge is 2.13. The van der Waals surface area contributed by atoms with Gasteiger partial charge in [-0.05, 0) is 29.8 Å². The van der Waals surface area contributed by atoms with Gasteiger partial charge in [-0.3, -0.25) is 4.68 Å². The van der Waals surface area contributed by atoms with E-state index >= 15 is 0 Å². The lowest BCUT2D eigenvalue weighted by atomic mass is 10.3. The zero-order valence-electron chi connectivity index (χ0n) is 10.9. The highest BCUT2D eigenvalue weighted by molar-refractivity contribution is 9.10. The van der Waals surface area contributed by atoms with Crippen LogP contribution in [-0.2, 0) is 13.5 Å². The van der Waals surface area contributed by atoms with Crippen molar-refractivity contribution < 1.29 is 4.74 Å². The molecule has 5 nitrogen and oxygen atoms in total. The molecule has 0 saturated heterocycles. The fourth-order valence-corrected chi connectivity index (χ4v) is 2.06. The molecule has 0 bridgehead atoms. The summed E-state index contributed by atoms with van der Waals surface area (Å²) in [7, 11) is 1.89. The first-order chi connectivity index (χ1) is 8.51. The highest BCUT2D eigenvalue weighted by Crippen LogP contribution is 2.27. The van der Waals surface area contributed by atoms with E-state index in [-0.39, 0.29) is 0 Å². The Morgan fingerprint density at radius 2 is 2.06 bits per heavy atom. The molecule has 2 heterocycles. The van der Waals surface area contributed by atoms with Gasteiger partial charge in [-0.1, -0.05) is 6.92 Å². The van der Waals surface area contributed by atoms with Crippen molar-refractivity contribution in [1.29, 1.82) is 0 Å². The van der Waals surface area contributed by atoms with E-state index in [1.54, 1.807) is 10.7 Å². The van der Waals surface area contributed by atoms with Crippen molar-refractivity contribution in [2.24, 2.45) is 7.05 Å². The van der Waals surface area contributed by atoms with Crippen LogP contribution in [0.5, 0.6) is 11.6 Å². The smallest absolute Gasteiger partial charge is 0.223 e. The van der Waals surface area contributed by atoms with Crippen LogP contribution in [0.3, 0.4) is 0 Å². The molecule has 0 aliphatic rings. The van der Waals surface area contributed by atoms with Gasteiger partial charge < -0.3 is 4.74 Å². The number of ether oxygens (including phenoxy) is 1. The van der Waals surface area contributed by atoms with Gasteiger partial charge >= 0.3 is 0 Å². The number of aryl methyl sites for hydroxylation is 3. The monoisotopic (exact) mass is 310 g/mol. The van der Waals surface area contributed by atoms with Crippen LogP contribution in [0.4, 0.5) is 0 Å². The van der Waals surface area contributed by atoms with Gasteiger partial charge in [0.25, 0.3) is 0 Å². The average molecular weight is 311 g/mol. The van der Waals surface area contributed by atoms with E-state index in [1.807, 2.05) is 27.8 Å². The second kappa shape index (κ2) is 5.06. The zero-order chi connectivity index (χ0) is 13.3. The quantitative estimate of drug-likeness (QED) is 0.818. The summed E-state index contributed by atoms with van der Waals surface area (Å²) in [6.45, 7) is 5.89. The summed E-state index contributed by atoms with van der Waals surface area (Å²) in [5, 5.41) is 4.31. The molecule has 0 aliphatic carbocycles. The Hall–Kier alpha value is -1.43. The molecule has 18 heavy (non-hydrogen) atoms.